The van der Waals surface area contributed by atoms with Crippen LogP contribution in [0.25, 0.3) is 0 Å². The second-order valence-electron chi connectivity index (χ2n) is 3.27. The van der Waals surface area contributed by atoms with Crippen LogP contribution in [0.5, 0.6) is 0 Å². The smallest absolute Gasteiger partial charge is 0.0979 e. The third-order valence-corrected chi connectivity index (χ3v) is 2.67. The molecule has 0 unspecified atom stereocenters. The summed E-state index contributed by atoms with van der Waals surface area (Å²) in [4.78, 5) is 0.362. The van der Waals surface area contributed by atoms with Gasteiger partial charge in [0.25, 0.3) is 0 Å². The van der Waals surface area contributed by atoms with Crippen LogP contribution in [0.2, 0.25) is 0 Å². The average molecular weight is 186 g/mol. The van der Waals surface area contributed by atoms with Gasteiger partial charge in [0.15, 0.2) is 0 Å². The third kappa shape index (κ3) is 2.81. The molecule has 0 atom stereocenters. The average Bonchev–Trinajstić information content (AvgIpc) is 2.02. The molecule has 0 saturated carbocycles. The lowest BCUT2D eigenvalue weighted by molar-refractivity contribution is 0.364. The molecular weight excluding hydrogens is 168 g/mol. The van der Waals surface area contributed by atoms with Crippen molar-refractivity contribution >= 4 is 17.2 Å². The van der Waals surface area contributed by atoms with Gasteiger partial charge in [-0.15, -0.1) is 0 Å². The summed E-state index contributed by atoms with van der Waals surface area (Å²) in [6.45, 7) is 6.35. The van der Waals surface area contributed by atoms with Gasteiger partial charge in [0.2, 0.25) is 0 Å². The number of thiocarbonyl (C=S) groups is 1. The highest BCUT2D eigenvalue weighted by Gasteiger charge is 2.22. The summed E-state index contributed by atoms with van der Waals surface area (Å²) in [5.74, 6) is 0. The molecule has 70 valence electrons. The van der Waals surface area contributed by atoms with E-state index in [0.717, 1.165) is 18.5 Å². The first-order chi connectivity index (χ1) is 5.46. The molecular formula is C9H18N2S. The molecule has 0 spiro atoms. The number of hydrogen-bond acceptors (Lipinski definition) is 2. The molecule has 0 aliphatic carbocycles. The van der Waals surface area contributed by atoms with Gasteiger partial charge in [0.05, 0.1) is 4.99 Å². The van der Waals surface area contributed by atoms with Crippen molar-refractivity contribution in [2.45, 2.75) is 33.6 Å². The SMILES string of the molecule is CCC(C)(CC)C(N)=CC(N)=S. The number of allylic oxidation sites excluding steroid dienone is 1. The Balaban J connectivity index is 4.63. The Labute approximate surface area is 80.0 Å². The van der Waals surface area contributed by atoms with Crippen LogP contribution in [0.3, 0.4) is 0 Å². The molecule has 0 saturated heterocycles. The monoisotopic (exact) mass is 186 g/mol. The fourth-order valence-electron chi connectivity index (χ4n) is 0.986. The second-order valence-corrected chi connectivity index (χ2v) is 3.74. The number of nitrogens with two attached hydrogens (primary N) is 2. The standard InChI is InChI=1S/C9H18N2S/c1-4-9(3,5-2)7(10)6-8(11)12/h6H,4-5,10H2,1-3H3,(H2,11,12). The van der Waals surface area contributed by atoms with Gasteiger partial charge < -0.3 is 11.5 Å². The molecule has 0 radical (unpaired) electrons. The molecule has 0 aliphatic heterocycles. The predicted octanol–water partition coefficient (Wildman–Crippen LogP) is 1.94. The Hall–Kier alpha value is -0.570. The lowest BCUT2D eigenvalue weighted by atomic mass is 9.81. The van der Waals surface area contributed by atoms with Crippen molar-refractivity contribution in [3.63, 3.8) is 0 Å². The summed E-state index contributed by atoms with van der Waals surface area (Å²) in [6.07, 6.45) is 3.70. The van der Waals surface area contributed by atoms with Gasteiger partial charge in [-0.05, 0) is 18.9 Å². The topological polar surface area (TPSA) is 52.0 Å². The molecule has 0 rings (SSSR count). The molecule has 0 amide bonds. The van der Waals surface area contributed by atoms with Crippen molar-refractivity contribution < 1.29 is 0 Å². The first-order valence-corrected chi connectivity index (χ1v) is 4.64. The normalized spacial score (nSPS) is 13.1. The van der Waals surface area contributed by atoms with E-state index >= 15 is 0 Å². The van der Waals surface area contributed by atoms with Crippen LogP contribution >= 0.6 is 12.2 Å². The van der Waals surface area contributed by atoms with Gasteiger partial charge in [0, 0.05) is 11.1 Å². The maximum absolute atomic E-state index is 5.87. The molecule has 3 heteroatoms. The summed E-state index contributed by atoms with van der Waals surface area (Å²) < 4.78 is 0. The Morgan fingerprint density at radius 1 is 1.33 bits per heavy atom. The highest BCUT2D eigenvalue weighted by atomic mass is 32.1. The summed E-state index contributed by atoms with van der Waals surface area (Å²) in [5.41, 5.74) is 12.1. The van der Waals surface area contributed by atoms with Gasteiger partial charge in [-0.2, -0.15) is 0 Å². The maximum Gasteiger partial charge on any atom is 0.0979 e. The molecule has 0 aliphatic rings. The molecule has 0 bridgehead atoms. The summed E-state index contributed by atoms with van der Waals surface area (Å²) in [5, 5.41) is 0. The number of hydrogen-bond donors (Lipinski definition) is 2. The molecule has 0 fully saturated rings. The maximum atomic E-state index is 5.87. The minimum atomic E-state index is 0.0451. The Bertz CT molecular complexity index is 193. The summed E-state index contributed by atoms with van der Waals surface area (Å²) in [7, 11) is 0. The summed E-state index contributed by atoms with van der Waals surface area (Å²) >= 11 is 4.76. The van der Waals surface area contributed by atoms with E-state index in [2.05, 4.69) is 20.8 Å². The van der Waals surface area contributed by atoms with Crippen molar-refractivity contribution in [3.8, 4) is 0 Å². The lowest BCUT2D eigenvalue weighted by Crippen LogP contribution is -2.25. The Kier molecular flexibility index (Phi) is 4.24. The van der Waals surface area contributed by atoms with E-state index in [4.69, 9.17) is 23.7 Å². The number of rotatable bonds is 4. The van der Waals surface area contributed by atoms with E-state index in [1.807, 2.05) is 0 Å². The van der Waals surface area contributed by atoms with Crippen LogP contribution in [0, 0.1) is 5.41 Å². The van der Waals surface area contributed by atoms with Crippen LogP contribution in [-0.4, -0.2) is 4.99 Å². The van der Waals surface area contributed by atoms with Crippen LogP contribution in [0.15, 0.2) is 11.8 Å². The minimum absolute atomic E-state index is 0.0451. The first-order valence-electron chi connectivity index (χ1n) is 4.23. The zero-order chi connectivity index (χ0) is 9.78. The first kappa shape index (κ1) is 11.4. The van der Waals surface area contributed by atoms with Crippen molar-refractivity contribution in [1.29, 1.82) is 0 Å². The van der Waals surface area contributed by atoms with Gasteiger partial charge >= 0.3 is 0 Å². The van der Waals surface area contributed by atoms with Crippen LogP contribution in [-0.2, 0) is 0 Å². The van der Waals surface area contributed by atoms with Gasteiger partial charge in [-0.1, -0.05) is 33.0 Å². The van der Waals surface area contributed by atoms with E-state index in [-0.39, 0.29) is 5.41 Å². The Morgan fingerprint density at radius 2 is 1.75 bits per heavy atom. The fourth-order valence-corrected chi connectivity index (χ4v) is 1.11. The van der Waals surface area contributed by atoms with Crippen molar-refractivity contribution in [1.82, 2.24) is 0 Å². The largest absolute Gasteiger partial charge is 0.402 e. The van der Waals surface area contributed by atoms with E-state index < -0.39 is 0 Å². The van der Waals surface area contributed by atoms with Crippen LogP contribution < -0.4 is 11.5 Å². The predicted molar refractivity (Wildman–Crippen MR) is 57.7 cm³/mol. The lowest BCUT2D eigenvalue weighted by Gasteiger charge is -2.27. The summed E-state index contributed by atoms with van der Waals surface area (Å²) in [6, 6.07) is 0. The van der Waals surface area contributed by atoms with Crippen molar-refractivity contribution in [2.24, 2.45) is 16.9 Å². The van der Waals surface area contributed by atoms with E-state index in [1.54, 1.807) is 6.08 Å². The quantitative estimate of drug-likeness (QED) is 0.521. The molecule has 0 aromatic heterocycles. The fraction of sp³-hybridized carbons (Fsp3) is 0.667. The zero-order valence-electron chi connectivity index (χ0n) is 8.05. The molecule has 0 aromatic carbocycles. The Morgan fingerprint density at radius 3 is 2.00 bits per heavy atom. The van der Waals surface area contributed by atoms with E-state index in [1.165, 1.54) is 0 Å². The molecule has 0 aromatic rings. The molecule has 12 heavy (non-hydrogen) atoms. The second kappa shape index (κ2) is 4.45. The zero-order valence-corrected chi connectivity index (χ0v) is 8.87. The van der Waals surface area contributed by atoms with E-state index in [0.29, 0.717) is 4.99 Å². The minimum Gasteiger partial charge on any atom is -0.402 e. The molecule has 2 nitrogen and oxygen atoms in total. The van der Waals surface area contributed by atoms with Gasteiger partial charge in [-0.3, -0.25) is 0 Å². The van der Waals surface area contributed by atoms with Gasteiger partial charge in [-0.25, -0.2) is 0 Å². The van der Waals surface area contributed by atoms with Crippen LogP contribution in [0.4, 0.5) is 0 Å². The third-order valence-electron chi connectivity index (χ3n) is 2.56. The van der Waals surface area contributed by atoms with Crippen LogP contribution in [0.1, 0.15) is 33.6 Å². The molecule has 0 heterocycles. The molecule has 4 N–H and O–H groups in total. The van der Waals surface area contributed by atoms with Crippen molar-refractivity contribution in [2.75, 3.05) is 0 Å². The van der Waals surface area contributed by atoms with E-state index in [9.17, 15) is 0 Å². The van der Waals surface area contributed by atoms with Crippen molar-refractivity contribution in [3.05, 3.63) is 11.8 Å². The highest BCUT2D eigenvalue weighted by Crippen LogP contribution is 2.30. The van der Waals surface area contributed by atoms with Gasteiger partial charge in [0.1, 0.15) is 0 Å². The highest BCUT2D eigenvalue weighted by molar-refractivity contribution is 7.80.